The summed E-state index contributed by atoms with van der Waals surface area (Å²) in [4.78, 5) is 14.7. The normalized spacial score (nSPS) is 10.1. The van der Waals surface area contributed by atoms with Crippen LogP contribution in [0.15, 0.2) is 53.3 Å². The minimum atomic E-state index is -0.180. The largest absolute Gasteiger partial charge is 0.397 e. The first kappa shape index (κ1) is 22.8. The number of carbonyl (C=O) groups excluding carboxylic acids is 1. The number of benzene rings is 2. The first-order chi connectivity index (χ1) is 13.2. The van der Waals surface area contributed by atoms with Crippen molar-refractivity contribution in [3.05, 3.63) is 73.4 Å². The summed E-state index contributed by atoms with van der Waals surface area (Å²) >= 11 is 27.0. The molecular formula is C19H14BrCl4N3O. The Labute approximate surface area is 191 Å². The minimum Gasteiger partial charge on any atom is -0.397 e. The Morgan fingerprint density at radius 2 is 1.57 bits per heavy atom. The number of halogens is 5. The highest BCUT2D eigenvalue weighted by atomic mass is 79.9. The molecule has 0 fully saturated rings. The Morgan fingerprint density at radius 1 is 0.929 bits per heavy atom. The van der Waals surface area contributed by atoms with Crippen LogP contribution in [0, 0.1) is 0 Å². The molecule has 0 aliphatic heterocycles. The highest BCUT2D eigenvalue weighted by Crippen LogP contribution is 2.37. The van der Waals surface area contributed by atoms with E-state index in [2.05, 4.69) is 26.2 Å². The molecule has 0 saturated heterocycles. The lowest BCUT2D eigenvalue weighted by Gasteiger charge is -2.07. The summed E-state index contributed by atoms with van der Waals surface area (Å²) < 4.78 is 0.702. The second-order valence-corrected chi connectivity index (χ2v) is 7.84. The molecule has 3 N–H and O–H groups in total. The van der Waals surface area contributed by atoms with E-state index in [9.17, 15) is 4.79 Å². The SMILES string of the molecule is CC(=O)Nc1ccc(Br)c(Cl)c1Cl.Nc1ccc(-c2ccncc2)c(Cl)c1Cl. The van der Waals surface area contributed by atoms with E-state index in [1.165, 1.54) is 6.92 Å². The van der Waals surface area contributed by atoms with E-state index < -0.39 is 0 Å². The van der Waals surface area contributed by atoms with Crippen LogP contribution in [0.5, 0.6) is 0 Å². The van der Waals surface area contributed by atoms with Gasteiger partial charge in [-0.15, -0.1) is 0 Å². The van der Waals surface area contributed by atoms with Crippen LogP contribution in [-0.4, -0.2) is 10.9 Å². The number of amides is 1. The first-order valence-electron chi connectivity index (χ1n) is 7.77. The molecule has 0 atom stereocenters. The number of anilines is 2. The molecule has 146 valence electrons. The summed E-state index contributed by atoms with van der Waals surface area (Å²) in [6, 6.07) is 10.7. The maximum absolute atomic E-state index is 10.7. The third kappa shape index (κ3) is 5.75. The van der Waals surface area contributed by atoms with Crippen molar-refractivity contribution in [2.24, 2.45) is 0 Å². The Balaban J connectivity index is 0.000000203. The highest BCUT2D eigenvalue weighted by Gasteiger charge is 2.09. The molecule has 1 amide bonds. The summed E-state index contributed by atoms with van der Waals surface area (Å²) in [6.07, 6.45) is 3.41. The van der Waals surface area contributed by atoms with E-state index in [0.717, 1.165) is 11.1 Å². The molecule has 4 nitrogen and oxygen atoms in total. The van der Waals surface area contributed by atoms with Gasteiger partial charge < -0.3 is 11.1 Å². The smallest absolute Gasteiger partial charge is 0.221 e. The molecule has 9 heteroatoms. The molecule has 0 aliphatic carbocycles. The molecule has 0 aliphatic rings. The maximum atomic E-state index is 10.7. The molecule has 28 heavy (non-hydrogen) atoms. The zero-order valence-electron chi connectivity index (χ0n) is 14.4. The van der Waals surface area contributed by atoms with Crippen molar-refractivity contribution in [1.82, 2.24) is 4.98 Å². The van der Waals surface area contributed by atoms with Crippen LogP contribution in [0.25, 0.3) is 11.1 Å². The van der Waals surface area contributed by atoms with Gasteiger partial charge >= 0.3 is 0 Å². The molecule has 1 heterocycles. The van der Waals surface area contributed by atoms with Crippen LogP contribution in [0.3, 0.4) is 0 Å². The quantitative estimate of drug-likeness (QED) is 0.273. The van der Waals surface area contributed by atoms with Gasteiger partial charge in [0.25, 0.3) is 0 Å². The van der Waals surface area contributed by atoms with Gasteiger partial charge in [0.2, 0.25) is 5.91 Å². The molecule has 0 bridgehead atoms. The molecule has 1 aromatic heterocycles. The number of nitrogens with zero attached hydrogens (tertiary/aromatic N) is 1. The number of hydrogen-bond acceptors (Lipinski definition) is 3. The lowest BCUT2D eigenvalue weighted by molar-refractivity contribution is -0.114. The van der Waals surface area contributed by atoms with Crippen molar-refractivity contribution < 1.29 is 4.79 Å². The number of carbonyl (C=O) groups is 1. The van der Waals surface area contributed by atoms with Gasteiger partial charge in [-0.3, -0.25) is 9.78 Å². The van der Waals surface area contributed by atoms with E-state index in [1.807, 2.05) is 18.2 Å². The van der Waals surface area contributed by atoms with Gasteiger partial charge in [-0.2, -0.15) is 0 Å². The molecule has 2 aromatic carbocycles. The van der Waals surface area contributed by atoms with Gasteiger partial charge in [0, 0.05) is 29.4 Å². The van der Waals surface area contributed by atoms with Crippen molar-refractivity contribution >= 4 is 79.6 Å². The van der Waals surface area contributed by atoms with Crippen molar-refractivity contribution in [1.29, 1.82) is 0 Å². The monoisotopic (exact) mass is 519 g/mol. The van der Waals surface area contributed by atoms with Gasteiger partial charge in [-0.25, -0.2) is 0 Å². The van der Waals surface area contributed by atoms with Gasteiger partial charge in [-0.1, -0.05) is 52.5 Å². The molecular weight excluding hydrogens is 508 g/mol. The predicted octanol–water partition coefficient (Wildman–Crippen LogP) is 7.35. The third-order valence-electron chi connectivity index (χ3n) is 3.45. The number of nitrogens with one attached hydrogen (secondary N) is 1. The number of hydrogen-bond donors (Lipinski definition) is 2. The fourth-order valence-corrected chi connectivity index (χ4v) is 3.40. The molecule has 0 unspecified atom stereocenters. The van der Waals surface area contributed by atoms with Gasteiger partial charge in [0.05, 0.1) is 31.5 Å². The topological polar surface area (TPSA) is 68.0 Å². The maximum Gasteiger partial charge on any atom is 0.221 e. The summed E-state index contributed by atoms with van der Waals surface area (Å²) in [5.74, 6) is -0.180. The van der Waals surface area contributed by atoms with E-state index in [-0.39, 0.29) is 5.91 Å². The van der Waals surface area contributed by atoms with Crippen LogP contribution < -0.4 is 11.1 Å². The molecule has 3 rings (SSSR count). The molecule has 0 spiro atoms. The Morgan fingerprint density at radius 3 is 2.18 bits per heavy atom. The first-order valence-corrected chi connectivity index (χ1v) is 10.1. The fraction of sp³-hybridized carbons (Fsp3) is 0.0526. The highest BCUT2D eigenvalue weighted by molar-refractivity contribution is 9.10. The van der Waals surface area contributed by atoms with E-state index in [1.54, 1.807) is 30.6 Å². The van der Waals surface area contributed by atoms with Crippen molar-refractivity contribution in [2.75, 3.05) is 11.1 Å². The second-order valence-electron chi connectivity index (χ2n) is 5.47. The van der Waals surface area contributed by atoms with Crippen LogP contribution in [0.2, 0.25) is 20.1 Å². The number of pyridine rings is 1. The van der Waals surface area contributed by atoms with Crippen molar-refractivity contribution in [3.63, 3.8) is 0 Å². The van der Waals surface area contributed by atoms with E-state index in [0.29, 0.717) is 35.9 Å². The van der Waals surface area contributed by atoms with Crippen LogP contribution in [0.4, 0.5) is 11.4 Å². The summed E-state index contributed by atoms with van der Waals surface area (Å²) in [7, 11) is 0. The number of aromatic nitrogens is 1. The van der Waals surface area contributed by atoms with Crippen LogP contribution in [0.1, 0.15) is 6.92 Å². The Bertz CT molecular complexity index is 1000. The van der Waals surface area contributed by atoms with E-state index >= 15 is 0 Å². The predicted molar refractivity (Wildman–Crippen MR) is 123 cm³/mol. The zero-order chi connectivity index (χ0) is 20.8. The van der Waals surface area contributed by atoms with Crippen LogP contribution in [-0.2, 0) is 4.79 Å². The van der Waals surface area contributed by atoms with Gasteiger partial charge in [0.15, 0.2) is 0 Å². The van der Waals surface area contributed by atoms with Gasteiger partial charge in [-0.05, 0) is 51.8 Å². The lowest BCUT2D eigenvalue weighted by atomic mass is 10.1. The second kappa shape index (κ2) is 10.3. The summed E-state index contributed by atoms with van der Waals surface area (Å²) in [5.41, 5.74) is 8.47. The molecule has 0 saturated carbocycles. The van der Waals surface area contributed by atoms with E-state index in [4.69, 9.17) is 52.1 Å². The van der Waals surface area contributed by atoms with Crippen LogP contribution >= 0.6 is 62.3 Å². The zero-order valence-corrected chi connectivity index (χ0v) is 19.1. The summed E-state index contributed by atoms with van der Waals surface area (Å²) in [5, 5.41) is 4.17. The Kier molecular flexibility index (Phi) is 8.40. The number of rotatable bonds is 2. The minimum absolute atomic E-state index is 0.180. The standard InChI is InChI=1S/C11H8Cl2N2.C8H6BrCl2NO/c12-10-8(1-2-9(14)11(10)13)7-3-5-15-6-4-7;1-4(13)12-6-3-2-5(9)7(10)8(6)11/h1-6H,14H2;2-3H,1H3,(H,12,13). The van der Waals surface area contributed by atoms with Crippen molar-refractivity contribution in [2.45, 2.75) is 6.92 Å². The van der Waals surface area contributed by atoms with Gasteiger partial charge in [0.1, 0.15) is 0 Å². The Hall–Kier alpha value is -1.50. The third-order valence-corrected chi connectivity index (χ3v) is 6.12. The average molecular weight is 522 g/mol. The number of nitrogen functional groups attached to an aromatic ring is 1. The molecule has 3 aromatic rings. The summed E-state index contributed by atoms with van der Waals surface area (Å²) in [6.45, 7) is 1.41. The molecule has 0 radical (unpaired) electrons. The fourth-order valence-electron chi connectivity index (χ4n) is 2.13. The number of nitrogens with two attached hydrogens (primary N) is 1. The van der Waals surface area contributed by atoms with Crippen molar-refractivity contribution in [3.8, 4) is 11.1 Å². The lowest BCUT2D eigenvalue weighted by Crippen LogP contribution is -2.06. The average Bonchev–Trinajstić information content (AvgIpc) is 2.68.